The van der Waals surface area contributed by atoms with Gasteiger partial charge in [0.25, 0.3) is 0 Å². The van der Waals surface area contributed by atoms with Gasteiger partial charge < -0.3 is 16.0 Å². The van der Waals surface area contributed by atoms with E-state index in [0.717, 1.165) is 41.4 Å². The van der Waals surface area contributed by atoms with Crippen LogP contribution in [0, 0.1) is 6.92 Å². The highest BCUT2D eigenvalue weighted by Gasteiger charge is 2.15. The summed E-state index contributed by atoms with van der Waals surface area (Å²) in [5, 5.41) is 8.29. The van der Waals surface area contributed by atoms with Crippen LogP contribution in [0.4, 0.5) is 10.5 Å². The number of amides is 3. The third-order valence-corrected chi connectivity index (χ3v) is 4.68. The number of benzene rings is 1. The van der Waals surface area contributed by atoms with Crippen LogP contribution in [0.25, 0.3) is 0 Å². The van der Waals surface area contributed by atoms with Gasteiger partial charge in [0.2, 0.25) is 5.91 Å². The van der Waals surface area contributed by atoms with E-state index in [0.29, 0.717) is 0 Å². The number of urea groups is 1. The van der Waals surface area contributed by atoms with Crippen molar-refractivity contribution < 1.29 is 9.59 Å². The molecular formula is C16H22BrN3O2. The molecular weight excluding hydrogens is 346 g/mol. The van der Waals surface area contributed by atoms with E-state index < -0.39 is 0 Å². The molecule has 0 spiro atoms. The highest BCUT2D eigenvalue weighted by Crippen LogP contribution is 2.20. The van der Waals surface area contributed by atoms with Crippen molar-refractivity contribution in [1.29, 1.82) is 0 Å². The lowest BCUT2D eigenvalue weighted by Gasteiger charge is -2.22. The Morgan fingerprint density at radius 2 is 1.95 bits per heavy atom. The number of nitrogens with one attached hydrogen (secondary N) is 3. The van der Waals surface area contributed by atoms with Gasteiger partial charge in [-0.05, 0) is 43.5 Å². The van der Waals surface area contributed by atoms with Gasteiger partial charge in [-0.15, -0.1) is 0 Å². The zero-order valence-electron chi connectivity index (χ0n) is 12.7. The van der Waals surface area contributed by atoms with E-state index in [1.165, 1.54) is 6.42 Å². The quantitative estimate of drug-likeness (QED) is 0.763. The molecule has 1 saturated carbocycles. The molecule has 0 saturated heterocycles. The van der Waals surface area contributed by atoms with E-state index in [-0.39, 0.29) is 24.5 Å². The molecule has 120 valence electrons. The number of anilines is 1. The molecule has 3 N–H and O–H groups in total. The average molecular weight is 368 g/mol. The summed E-state index contributed by atoms with van der Waals surface area (Å²) >= 11 is 3.41. The second-order valence-corrected chi connectivity index (χ2v) is 6.53. The number of rotatable bonds is 4. The minimum absolute atomic E-state index is 0.0341. The Morgan fingerprint density at radius 3 is 2.64 bits per heavy atom. The van der Waals surface area contributed by atoms with Crippen molar-refractivity contribution in [1.82, 2.24) is 10.6 Å². The smallest absolute Gasteiger partial charge is 0.315 e. The highest BCUT2D eigenvalue weighted by atomic mass is 79.9. The Bertz CT molecular complexity index is 542. The maximum atomic E-state index is 11.8. The molecule has 1 fully saturated rings. The molecule has 6 heteroatoms. The Labute approximate surface area is 139 Å². The van der Waals surface area contributed by atoms with Gasteiger partial charge in [-0.2, -0.15) is 0 Å². The Balaban J connectivity index is 1.72. The van der Waals surface area contributed by atoms with Crippen molar-refractivity contribution >= 4 is 33.6 Å². The van der Waals surface area contributed by atoms with Gasteiger partial charge in [-0.25, -0.2) is 4.79 Å². The monoisotopic (exact) mass is 367 g/mol. The SMILES string of the molecule is Cc1cc(NC(=O)CNC(=O)NC2CCCCC2)ccc1Br. The van der Waals surface area contributed by atoms with Gasteiger partial charge in [-0.3, -0.25) is 4.79 Å². The van der Waals surface area contributed by atoms with Gasteiger partial charge >= 0.3 is 6.03 Å². The molecule has 1 aliphatic rings. The first kappa shape index (κ1) is 16.8. The third-order valence-electron chi connectivity index (χ3n) is 3.79. The van der Waals surface area contributed by atoms with Crippen LogP contribution in [-0.2, 0) is 4.79 Å². The lowest BCUT2D eigenvalue weighted by Crippen LogP contribution is -2.45. The van der Waals surface area contributed by atoms with Crippen LogP contribution in [0.2, 0.25) is 0 Å². The fourth-order valence-corrected chi connectivity index (χ4v) is 2.82. The third kappa shape index (κ3) is 5.33. The summed E-state index contributed by atoms with van der Waals surface area (Å²) in [6, 6.07) is 5.55. The lowest BCUT2D eigenvalue weighted by molar-refractivity contribution is -0.115. The molecule has 0 aromatic heterocycles. The molecule has 5 nitrogen and oxygen atoms in total. The number of halogens is 1. The van der Waals surface area contributed by atoms with Crippen molar-refractivity contribution in [3.8, 4) is 0 Å². The molecule has 0 bridgehead atoms. The largest absolute Gasteiger partial charge is 0.335 e. The lowest BCUT2D eigenvalue weighted by atomic mass is 9.96. The van der Waals surface area contributed by atoms with Crippen LogP contribution in [0.15, 0.2) is 22.7 Å². The summed E-state index contributed by atoms with van der Waals surface area (Å²) in [5.41, 5.74) is 1.76. The van der Waals surface area contributed by atoms with E-state index in [1.807, 2.05) is 25.1 Å². The second-order valence-electron chi connectivity index (χ2n) is 5.67. The molecule has 3 amide bonds. The van der Waals surface area contributed by atoms with E-state index in [4.69, 9.17) is 0 Å². The Hall–Kier alpha value is -1.56. The summed E-state index contributed by atoms with van der Waals surface area (Å²) in [7, 11) is 0. The van der Waals surface area contributed by atoms with Crippen molar-refractivity contribution in [3.05, 3.63) is 28.2 Å². The Kier molecular flexibility index (Phi) is 6.24. The van der Waals surface area contributed by atoms with Crippen molar-refractivity contribution in [2.24, 2.45) is 0 Å². The molecule has 22 heavy (non-hydrogen) atoms. The van der Waals surface area contributed by atoms with Crippen LogP contribution >= 0.6 is 15.9 Å². The molecule has 1 aliphatic carbocycles. The average Bonchev–Trinajstić information content (AvgIpc) is 2.50. The first-order valence-electron chi connectivity index (χ1n) is 7.65. The fourth-order valence-electron chi connectivity index (χ4n) is 2.57. The zero-order chi connectivity index (χ0) is 15.9. The van der Waals surface area contributed by atoms with Gasteiger partial charge in [0.05, 0.1) is 6.54 Å². The number of aryl methyl sites for hydroxylation is 1. The molecule has 0 radical (unpaired) electrons. The van der Waals surface area contributed by atoms with Crippen molar-refractivity contribution in [3.63, 3.8) is 0 Å². The predicted molar refractivity (Wildman–Crippen MR) is 90.9 cm³/mol. The van der Waals surface area contributed by atoms with Crippen LogP contribution in [0.5, 0.6) is 0 Å². The first-order chi connectivity index (χ1) is 10.5. The van der Waals surface area contributed by atoms with Crippen LogP contribution in [-0.4, -0.2) is 24.5 Å². The normalized spacial score (nSPS) is 15.2. The van der Waals surface area contributed by atoms with Crippen LogP contribution < -0.4 is 16.0 Å². The number of carbonyl (C=O) groups excluding carboxylic acids is 2. The highest BCUT2D eigenvalue weighted by molar-refractivity contribution is 9.10. The maximum Gasteiger partial charge on any atom is 0.315 e. The molecule has 1 aromatic rings. The van der Waals surface area contributed by atoms with Crippen molar-refractivity contribution in [2.45, 2.75) is 45.1 Å². The van der Waals surface area contributed by atoms with Gasteiger partial charge in [0.1, 0.15) is 0 Å². The summed E-state index contributed by atoms with van der Waals surface area (Å²) in [5.74, 6) is -0.236. The van der Waals surface area contributed by atoms with Crippen molar-refractivity contribution in [2.75, 3.05) is 11.9 Å². The minimum Gasteiger partial charge on any atom is -0.335 e. The van der Waals surface area contributed by atoms with Gasteiger partial charge in [0, 0.05) is 16.2 Å². The predicted octanol–water partition coefficient (Wildman–Crippen LogP) is 3.33. The van der Waals surface area contributed by atoms with Crippen LogP contribution in [0.3, 0.4) is 0 Å². The van der Waals surface area contributed by atoms with E-state index in [9.17, 15) is 9.59 Å². The summed E-state index contributed by atoms with van der Waals surface area (Å²) in [6.45, 7) is 1.92. The van der Waals surface area contributed by atoms with Gasteiger partial charge in [0.15, 0.2) is 0 Å². The fraction of sp³-hybridized carbons (Fsp3) is 0.500. The molecule has 2 rings (SSSR count). The zero-order valence-corrected chi connectivity index (χ0v) is 14.3. The van der Waals surface area contributed by atoms with E-state index >= 15 is 0 Å². The minimum atomic E-state index is -0.269. The first-order valence-corrected chi connectivity index (χ1v) is 8.44. The molecule has 0 atom stereocenters. The number of hydrogen-bond acceptors (Lipinski definition) is 2. The summed E-state index contributed by atoms with van der Waals surface area (Å²) < 4.78 is 0.996. The number of carbonyl (C=O) groups is 2. The maximum absolute atomic E-state index is 11.8. The summed E-state index contributed by atoms with van der Waals surface area (Å²) in [4.78, 5) is 23.6. The molecule has 0 unspecified atom stereocenters. The number of hydrogen-bond donors (Lipinski definition) is 3. The van der Waals surface area contributed by atoms with E-state index in [1.54, 1.807) is 0 Å². The Morgan fingerprint density at radius 1 is 1.23 bits per heavy atom. The standard InChI is InChI=1S/C16H22BrN3O2/c1-11-9-13(7-8-14(11)17)19-15(21)10-18-16(22)20-12-5-3-2-4-6-12/h7-9,12H,2-6,10H2,1H3,(H,19,21)(H2,18,20,22). The second kappa shape index (κ2) is 8.17. The van der Waals surface area contributed by atoms with Crippen LogP contribution in [0.1, 0.15) is 37.7 Å². The molecule has 0 aliphatic heterocycles. The topological polar surface area (TPSA) is 70.2 Å². The summed E-state index contributed by atoms with van der Waals surface area (Å²) in [6.07, 6.45) is 5.62. The molecule has 1 aromatic carbocycles. The molecule has 0 heterocycles. The van der Waals surface area contributed by atoms with E-state index in [2.05, 4.69) is 31.9 Å². The van der Waals surface area contributed by atoms with Gasteiger partial charge in [-0.1, -0.05) is 35.2 Å².